The minimum Gasteiger partial charge on any atom is -0.474 e. The molecule has 1 N–H and O–H groups in total. The highest BCUT2D eigenvalue weighted by molar-refractivity contribution is 6.32. The van der Waals surface area contributed by atoms with Crippen LogP contribution in [0.3, 0.4) is 0 Å². The van der Waals surface area contributed by atoms with E-state index < -0.39 is 0 Å². The third-order valence-corrected chi connectivity index (χ3v) is 2.45. The molecule has 0 aromatic carbocycles. The van der Waals surface area contributed by atoms with E-state index in [0.717, 1.165) is 0 Å². The van der Waals surface area contributed by atoms with E-state index in [1.807, 2.05) is 13.8 Å². The zero-order valence-corrected chi connectivity index (χ0v) is 10.3. The largest absolute Gasteiger partial charge is 0.474 e. The summed E-state index contributed by atoms with van der Waals surface area (Å²) in [5.41, 5.74) is 1.04. The van der Waals surface area contributed by atoms with E-state index in [-0.39, 0.29) is 17.8 Å². The van der Waals surface area contributed by atoms with Gasteiger partial charge in [-0.1, -0.05) is 0 Å². The highest BCUT2D eigenvalue weighted by Gasteiger charge is 2.17. The Bertz CT molecular complexity index is 551. The third kappa shape index (κ3) is 2.24. The van der Waals surface area contributed by atoms with Crippen molar-refractivity contribution >= 4 is 28.4 Å². The number of nitrogens with zero attached hydrogens (tertiary/aromatic N) is 2. The Balaban J connectivity index is 2.59. The minimum absolute atomic E-state index is 0.0260. The number of ketones is 1. The number of fused-ring (bicyclic) bond motifs is 1. The fourth-order valence-corrected chi connectivity index (χ4v) is 1.68. The maximum atomic E-state index is 11.7. The van der Waals surface area contributed by atoms with Crippen LogP contribution in [0.2, 0.25) is 0 Å². The summed E-state index contributed by atoms with van der Waals surface area (Å²) in [5.74, 6) is 0.143. The first-order valence-corrected chi connectivity index (χ1v) is 5.74. The van der Waals surface area contributed by atoms with Crippen LogP contribution in [-0.4, -0.2) is 32.7 Å². The van der Waals surface area contributed by atoms with E-state index in [9.17, 15) is 4.79 Å². The second-order valence-electron chi connectivity index (χ2n) is 3.83. The summed E-state index contributed by atoms with van der Waals surface area (Å²) >= 11 is 5.56. The molecule has 2 aromatic rings. The van der Waals surface area contributed by atoms with Crippen LogP contribution in [0.1, 0.15) is 24.2 Å². The number of ether oxygens (including phenoxy) is 1. The van der Waals surface area contributed by atoms with Gasteiger partial charge in [0, 0.05) is 6.20 Å². The van der Waals surface area contributed by atoms with Gasteiger partial charge in [0.15, 0.2) is 5.78 Å². The average molecular weight is 254 g/mol. The molecule has 0 unspecified atom stereocenters. The molecule has 0 aliphatic carbocycles. The number of hydrogen-bond acceptors (Lipinski definition) is 4. The van der Waals surface area contributed by atoms with Crippen LogP contribution in [0.15, 0.2) is 12.5 Å². The van der Waals surface area contributed by atoms with Crippen molar-refractivity contribution < 1.29 is 9.53 Å². The molecule has 0 fully saturated rings. The Morgan fingerprint density at radius 1 is 1.53 bits per heavy atom. The standard InChI is InChI=1S/C11H12ClN3O2/c1-6(2)17-11-9-7(8(16)3-12)4-13-10(9)14-5-15-11/h4-6H,3H2,1-2H3,(H,13,14,15). The van der Waals surface area contributed by atoms with Crippen LogP contribution in [0.25, 0.3) is 11.0 Å². The number of halogens is 1. The number of alkyl halides is 1. The third-order valence-electron chi connectivity index (χ3n) is 2.20. The molecule has 6 heteroatoms. The second-order valence-corrected chi connectivity index (χ2v) is 4.10. The van der Waals surface area contributed by atoms with Gasteiger partial charge in [-0.15, -0.1) is 11.6 Å². The molecule has 0 spiro atoms. The number of aromatic nitrogens is 3. The number of aromatic amines is 1. The number of carbonyl (C=O) groups is 1. The second kappa shape index (κ2) is 4.71. The molecular weight excluding hydrogens is 242 g/mol. The molecule has 5 nitrogen and oxygen atoms in total. The highest BCUT2D eigenvalue weighted by atomic mass is 35.5. The molecule has 0 saturated heterocycles. The Morgan fingerprint density at radius 3 is 2.94 bits per heavy atom. The van der Waals surface area contributed by atoms with Gasteiger partial charge < -0.3 is 9.72 Å². The molecule has 2 heterocycles. The van der Waals surface area contributed by atoms with Gasteiger partial charge in [-0.25, -0.2) is 9.97 Å². The van der Waals surface area contributed by atoms with Gasteiger partial charge >= 0.3 is 0 Å². The molecular formula is C11H12ClN3O2. The van der Waals surface area contributed by atoms with Crippen LogP contribution >= 0.6 is 11.6 Å². The van der Waals surface area contributed by atoms with Gasteiger partial charge in [0.1, 0.15) is 12.0 Å². The SMILES string of the molecule is CC(C)Oc1ncnc2[nH]cc(C(=O)CCl)c12. The van der Waals surface area contributed by atoms with Crippen molar-refractivity contribution in [3.63, 3.8) is 0 Å². The van der Waals surface area contributed by atoms with Gasteiger partial charge in [-0.3, -0.25) is 4.79 Å². The van der Waals surface area contributed by atoms with Crippen molar-refractivity contribution in [3.05, 3.63) is 18.1 Å². The van der Waals surface area contributed by atoms with E-state index in [1.54, 1.807) is 6.20 Å². The molecule has 2 aromatic heterocycles. The van der Waals surface area contributed by atoms with Gasteiger partial charge in [0.05, 0.1) is 22.9 Å². The van der Waals surface area contributed by atoms with Gasteiger partial charge in [0.2, 0.25) is 5.88 Å². The minimum atomic E-state index is -0.179. The van der Waals surface area contributed by atoms with E-state index in [1.165, 1.54) is 6.33 Å². The topological polar surface area (TPSA) is 67.9 Å². The molecule has 0 bridgehead atoms. The van der Waals surface area contributed by atoms with Crippen molar-refractivity contribution in [2.75, 3.05) is 5.88 Å². The number of H-pyrrole nitrogens is 1. The van der Waals surface area contributed by atoms with Crippen LogP contribution in [0.5, 0.6) is 5.88 Å². The summed E-state index contributed by atoms with van der Waals surface area (Å²) < 4.78 is 5.55. The summed E-state index contributed by atoms with van der Waals surface area (Å²) in [7, 11) is 0. The Labute approximate surface area is 103 Å². The predicted octanol–water partition coefficient (Wildman–Crippen LogP) is 2.17. The Kier molecular flexibility index (Phi) is 3.28. The Morgan fingerprint density at radius 2 is 2.29 bits per heavy atom. The van der Waals surface area contributed by atoms with E-state index in [4.69, 9.17) is 16.3 Å². The predicted molar refractivity (Wildman–Crippen MR) is 64.7 cm³/mol. The maximum absolute atomic E-state index is 11.7. The molecule has 0 aliphatic rings. The maximum Gasteiger partial charge on any atom is 0.227 e. The van der Waals surface area contributed by atoms with Gasteiger partial charge in [-0.05, 0) is 13.8 Å². The molecule has 0 radical (unpaired) electrons. The zero-order valence-electron chi connectivity index (χ0n) is 9.53. The quantitative estimate of drug-likeness (QED) is 0.670. The van der Waals surface area contributed by atoms with Crippen molar-refractivity contribution in [2.24, 2.45) is 0 Å². The van der Waals surface area contributed by atoms with Crippen molar-refractivity contribution in [3.8, 4) is 5.88 Å². The fraction of sp³-hybridized carbons (Fsp3) is 0.364. The van der Waals surface area contributed by atoms with Crippen LogP contribution < -0.4 is 4.74 Å². The van der Waals surface area contributed by atoms with E-state index in [2.05, 4.69) is 15.0 Å². The Hall–Kier alpha value is -1.62. The first kappa shape index (κ1) is 11.9. The molecule has 0 saturated carbocycles. The number of nitrogens with one attached hydrogen (secondary N) is 1. The lowest BCUT2D eigenvalue weighted by molar-refractivity contribution is 0.102. The monoisotopic (exact) mass is 253 g/mol. The molecule has 90 valence electrons. The van der Waals surface area contributed by atoms with E-state index in [0.29, 0.717) is 22.5 Å². The molecule has 17 heavy (non-hydrogen) atoms. The smallest absolute Gasteiger partial charge is 0.227 e. The van der Waals surface area contributed by atoms with Crippen LogP contribution in [0.4, 0.5) is 0 Å². The lowest BCUT2D eigenvalue weighted by Crippen LogP contribution is -2.08. The first-order valence-electron chi connectivity index (χ1n) is 5.21. The van der Waals surface area contributed by atoms with Crippen molar-refractivity contribution in [1.29, 1.82) is 0 Å². The van der Waals surface area contributed by atoms with Crippen molar-refractivity contribution in [2.45, 2.75) is 20.0 Å². The summed E-state index contributed by atoms with van der Waals surface area (Å²) in [6.07, 6.45) is 2.95. The number of hydrogen-bond donors (Lipinski definition) is 1. The summed E-state index contributed by atoms with van der Waals surface area (Å²) in [6, 6.07) is 0. The first-order chi connectivity index (χ1) is 8.13. The summed E-state index contributed by atoms with van der Waals surface area (Å²) in [4.78, 5) is 22.7. The molecule has 0 atom stereocenters. The number of rotatable bonds is 4. The summed E-state index contributed by atoms with van der Waals surface area (Å²) in [6.45, 7) is 3.79. The lowest BCUT2D eigenvalue weighted by atomic mass is 10.2. The number of Topliss-reactive ketones (excluding diaryl/α,β-unsaturated/α-hetero) is 1. The molecule has 0 aliphatic heterocycles. The van der Waals surface area contributed by atoms with Crippen LogP contribution in [0, 0.1) is 0 Å². The molecule has 2 rings (SSSR count). The normalized spacial score (nSPS) is 11.1. The lowest BCUT2D eigenvalue weighted by Gasteiger charge is -2.09. The highest BCUT2D eigenvalue weighted by Crippen LogP contribution is 2.26. The van der Waals surface area contributed by atoms with Crippen LogP contribution in [-0.2, 0) is 0 Å². The fourth-order valence-electron chi connectivity index (χ4n) is 1.54. The van der Waals surface area contributed by atoms with Gasteiger partial charge in [-0.2, -0.15) is 0 Å². The van der Waals surface area contributed by atoms with Gasteiger partial charge in [0.25, 0.3) is 0 Å². The zero-order chi connectivity index (χ0) is 12.4. The number of carbonyl (C=O) groups excluding carboxylic acids is 1. The average Bonchev–Trinajstić information content (AvgIpc) is 2.72. The molecule has 0 amide bonds. The van der Waals surface area contributed by atoms with Crippen molar-refractivity contribution in [1.82, 2.24) is 15.0 Å². The van der Waals surface area contributed by atoms with E-state index >= 15 is 0 Å². The summed E-state index contributed by atoms with van der Waals surface area (Å²) in [5, 5.41) is 0.590.